The van der Waals surface area contributed by atoms with E-state index in [1.165, 1.54) is 0 Å². The molecule has 0 fully saturated rings. The maximum absolute atomic E-state index is 5.47. The highest BCUT2D eigenvalue weighted by atomic mass is 16.5. The molecule has 0 unspecified atom stereocenters. The first-order valence-electron chi connectivity index (χ1n) is 4.69. The van der Waals surface area contributed by atoms with E-state index in [0.29, 0.717) is 17.4 Å². The maximum atomic E-state index is 5.47. The Bertz CT molecular complexity index is 490. The highest BCUT2D eigenvalue weighted by Crippen LogP contribution is 2.21. The zero-order valence-electron chi connectivity index (χ0n) is 8.94. The van der Waals surface area contributed by atoms with Crippen molar-refractivity contribution in [3.05, 3.63) is 29.4 Å². The molecular weight excluding hydrogens is 192 g/mol. The molecule has 0 bridgehead atoms. The summed E-state index contributed by atoms with van der Waals surface area (Å²) in [6, 6.07) is 1.81. The molecule has 0 spiro atoms. The summed E-state index contributed by atoms with van der Waals surface area (Å²) in [5.41, 5.74) is 1.96. The van der Waals surface area contributed by atoms with E-state index in [1.54, 1.807) is 6.20 Å². The van der Waals surface area contributed by atoms with Crippen molar-refractivity contribution in [3.63, 3.8) is 0 Å². The van der Waals surface area contributed by atoms with E-state index in [2.05, 4.69) is 10.1 Å². The standard InChI is InChI=1S/C11H12N2O2/c1-7(2)4-11-12-6-10(14-11)9-5-8(3)13-15-9/h4-6H,1-3H3. The normalized spacial score (nSPS) is 10.3. The fraction of sp³-hybridized carbons (Fsp3) is 0.273. The summed E-state index contributed by atoms with van der Waals surface area (Å²) in [7, 11) is 0. The van der Waals surface area contributed by atoms with Crippen LogP contribution < -0.4 is 0 Å². The highest BCUT2D eigenvalue weighted by molar-refractivity contribution is 5.51. The van der Waals surface area contributed by atoms with Gasteiger partial charge in [-0.15, -0.1) is 0 Å². The molecule has 2 aromatic rings. The van der Waals surface area contributed by atoms with Gasteiger partial charge in [-0.2, -0.15) is 0 Å². The SMILES string of the molecule is CC(C)=Cc1ncc(-c2cc(C)no2)o1. The lowest BCUT2D eigenvalue weighted by Crippen LogP contribution is -1.69. The summed E-state index contributed by atoms with van der Waals surface area (Å²) >= 11 is 0. The lowest BCUT2D eigenvalue weighted by molar-refractivity contribution is 0.412. The van der Waals surface area contributed by atoms with E-state index in [0.717, 1.165) is 11.3 Å². The van der Waals surface area contributed by atoms with Gasteiger partial charge in [0.05, 0.1) is 11.9 Å². The molecule has 0 aliphatic carbocycles. The molecule has 0 aromatic carbocycles. The van der Waals surface area contributed by atoms with Gasteiger partial charge in [-0.3, -0.25) is 0 Å². The lowest BCUT2D eigenvalue weighted by atomic mass is 10.3. The van der Waals surface area contributed by atoms with Gasteiger partial charge in [0.2, 0.25) is 11.7 Å². The average Bonchev–Trinajstić information content (AvgIpc) is 2.72. The minimum absolute atomic E-state index is 0.582. The van der Waals surface area contributed by atoms with Gasteiger partial charge in [0.25, 0.3) is 0 Å². The first-order chi connectivity index (χ1) is 7.15. The molecule has 0 aliphatic heterocycles. The van der Waals surface area contributed by atoms with Crippen molar-refractivity contribution in [2.75, 3.05) is 0 Å². The first-order valence-corrected chi connectivity index (χ1v) is 4.69. The lowest BCUT2D eigenvalue weighted by Gasteiger charge is -1.86. The molecule has 2 aromatic heterocycles. The Balaban J connectivity index is 2.31. The Morgan fingerprint density at radius 2 is 2.13 bits per heavy atom. The number of aryl methyl sites for hydroxylation is 1. The molecule has 2 heterocycles. The van der Waals surface area contributed by atoms with Gasteiger partial charge in [-0.05, 0) is 26.8 Å². The van der Waals surface area contributed by atoms with Crippen LogP contribution in [0.3, 0.4) is 0 Å². The molecule has 4 nitrogen and oxygen atoms in total. The fourth-order valence-electron chi connectivity index (χ4n) is 1.19. The van der Waals surface area contributed by atoms with Crippen molar-refractivity contribution >= 4 is 6.08 Å². The van der Waals surface area contributed by atoms with E-state index >= 15 is 0 Å². The summed E-state index contributed by atoms with van der Waals surface area (Å²) < 4.78 is 10.5. The summed E-state index contributed by atoms with van der Waals surface area (Å²) in [5, 5.41) is 3.79. The predicted molar refractivity (Wildman–Crippen MR) is 56.1 cm³/mol. The van der Waals surface area contributed by atoms with E-state index in [-0.39, 0.29) is 0 Å². The molecule has 0 saturated carbocycles. The zero-order valence-corrected chi connectivity index (χ0v) is 8.94. The van der Waals surface area contributed by atoms with Crippen LogP contribution in [-0.4, -0.2) is 10.1 Å². The monoisotopic (exact) mass is 204 g/mol. The predicted octanol–water partition coefficient (Wildman–Crippen LogP) is 3.06. The van der Waals surface area contributed by atoms with Crippen LogP contribution >= 0.6 is 0 Å². The van der Waals surface area contributed by atoms with Gasteiger partial charge in [0.15, 0.2) is 5.76 Å². The molecule has 0 N–H and O–H groups in total. The number of hydrogen-bond donors (Lipinski definition) is 0. The number of allylic oxidation sites excluding steroid dienone is 1. The zero-order chi connectivity index (χ0) is 10.8. The highest BCUT2D eigenvalue weighted by Gasteiger charge is 2.09. The second kappa shape index (κ2) is 3.73. The van der Waals surface area contributed by atoms with Crippen molar-refractivity contribution < 1.29 is 8.94 Å². The largest absolute Gasteiger partial charge is 0.433 e. The van der Waals surface area contributed by atoms with Crippen LogP contribution in [0.2, 0.25) is 0 Å². The van der Waals surface area contributed by atoms with Crippen LogP contribution in [0.1, 0.15) is 25.4 Å². The number of hydrogen-bond acceptors (Lipinski definition) is 4. The van der Waals surface area contributed by atoms with E-state index in [9.17, 15) is 0 Å². The summed E-state index contributed by atoms with van der Waals surface area (Å²) in [6.45, 7) is 5.84. The van der Waals surface area contributed by atoms with E-state index in [4.69, 9.17) is 8.94 Å². The van der Waals surface area contributed by atoms with Crippen molar-refractivity contribution in [3.8, 4) is 11.5 Å². The quantitative estimate of drug-likeness (QED) is 0.754. The number of rotatable bonds is 2. The molecule has 0 radical (unpaired) electrons. The molecule has 78 valence electrons. The summed E-state index contributed by atoms with van der Waals surface area (Å²) in [6.07, 6.45) is 3.50. The van der Waals surface area contributed by atoms with E-state index in [1.807, 2.05) is 32.9 Å². The van der Waals surface area contributed by atoms with Crippen LogP contribution in [0.5, 0.6) is 0 Å². The minimum atomic E-state index is 0.582. The topological polar surface area (TPSA) is 52.1 Å². The third-order valence-corrected chi connectivity index (χ3v) is 1.81. The van der Waals surface area contributed by atoms with Crippen molar-refractivity contribution in [2.24, 2.45) is 0 Å². The Morgan fingerprint density at radius 1 is 1.33 bits per heavy atom. The summed E-state index contributed by atoms with van der Waals surface area (Å²) in [5.74, 6) is 1.79. The first kappa shape index (κ1) is 9.71. The second-order valence-corrected chi connectivity index (χ2v) is 3.62. The Hall–Kier alpha value is -1.84. The minimum Gasteiger partial charge on any atom is -0.433 e. The average molecular weight is 204 g/mol. The Kier molecular flexibility index (Phi) is 2.41. The fourth-order valence-corrected chi connectivity index (χ4v) is 1.19. The molecule has 4 heteroatoms. The van der Waals surface area contributed by atoms with Crippen LogP contribution in [0, 0.1) is 6.92 Å². The number of oxazole rings is 1. The van der Waals surface area contributed by atoms with Gasteiger partial charge in [-0.25, -0.2) is 4.98 Å². The molecule has 0 amide bonds. The smallest absolute Gasteiger partial charge is 0.219 e. The van der Waals surface area contributed by atoms with Gasteiger partial charge in [0.1, 0.15) is 0 Å². The molecule has 0 aliphatic rings. The van der Waals surface area contributed by atoms with Gasteiger partial charge >= 0.3 is 0 Å². The third-order valence-electron chi connectivity index (χ3n) is 1.81. The molecular formula is C11H12N2O2. The van der Waals surface area contributed by atoms with Crippen LogP contribution in [0.25, 0.3) is 17.6 Å². The molecule has 0 saturated heterocycles. The maximum Gasteiger partial charge on any atom is 0.219 e. The Morgan fingerprint density at radius 3 is 2.73 bits per heavy atom. The Labute approximate surface area is 87.6 Å². The van der Waals surface area contributed by atoms with Crippen LogP contribution in [0.15, 0.2) is 26.8 Å². The molecule has 2 rings (SSSR count). The number of aromatic nitrogens is 2. The second-order valence-electron chi connectivity index (χ2n) is 3.62. The third kappa shape index (κ3) is 2.15. The molecule has 15 heavy (non-hydrogen) atoms. The van der Waals surface area contributed by atoms with Crippen molar-refractivity contribution in [1.82, 2.24) is 10.1 Å². The molecule has 0 atom stereocenters. The van der Waals surface area contributed by atoms with Crippen molar-refractivity contribution in [1.29, 1.82) is 0 Å². The van der Waals surface area contributed by atoms with Gasteiger partial charge in [0, 0.05) is 6.07 Å². The number of nitrogens with zero attached hydrogens (tertiary/aromatic N) is 2. The van der Waals surface area contributed by atoms with Crippen LogP contribution in [0.4, 0.5) is 0 Å². The van der Waals surface area contributed by atoms with Gasteiger partial charge in [-0.1, -0.05) is 10.7 Å². The van der Waals surface area contributed by atoms with E-state index < -0.39 is 0 Å². The van der Waals surface area contributed by atoms with Gasteiger partial charge < -0.3 is 8.94 Å². The van der Waals surface area contributed by atoms with Crippen molar-refractivity contribution in [2.45, 2.75) is 20.8 Å². The summed E-state index contributed by atoms with van der Waals surface area (Å²) in [4.78, 5) is 4.11. The van der Waals surface area contributed by atoms with Crippen LogP contribution in [-0.2, 0) is 0 Å².